The second-order valence-corrected chi connectivity index (χ2v) is 1.34. The summed E-state index contributed by atoms with van der Waals surface area (Å²) in [4.78, 5) is 0. The van der Waals surface area contributed by atoms with E-state index in [4.69, 9.17) is 5.11 Å². The van der Waals surface area contributed by atoms with Crippen LogP contribution in [0.25, 0.3) is 0 Å². The van der Waals surface area contributed by atoms with Crippen LogP contribution in [0.4, 0.5) is 0 Å². The highest BCUT2D eigenvalue weighted by atomic mass is 16.5. The molecule has 0 aromatic carbocycles. The third-order valence-corrected chi connectivity index (χ3v) is 0.572. The van der Waals surface area contributed by atoms with Crippen LogP contribution in [0.2, 0.25) is 0 Å². The van der Waals surface area contributed by atoms with Gasteiger partial charge in [0.25, 0.3) is 0 Å². The van der Waals surface area contributed by atoms with Crippen molar-refractivity contribution in [2.75, 3.05) is 6.61 Å². The minimum Gasteiger partial charge on any atom is -0.416 e. The minimum atomic E-state index is 0.0895. The Labute approximate surface area is 55.1 Å². The summed E-state index contributed by atoms with van der Waals surface area (Å²) in [6.45, 7) is 1.93. The van der Waals surface area contributed by atoms with Gasteiger partial charge in [0, 0.05) is 6.42 Å². The highest BCUT2D eigenvalue weighted by molar-refractivity contribution is 4.92. The fraction of sp³-hybridized carbons (Fsp3) is 0.429. The Morgan fingerprint density at radius 1 is 1.67 bits per heavy atom. The molecule has 0 aliphatic carbocycles. The van der Waals surface area contributed by atoms with E-state index < -0.39 is 0 Å². The van der Waals surface area contributed by atoms with E-state index >= 15 is 0 Å². The second kappa shape index (κ2) is 7.06. The normalized spacial score (nSPS) is 8.67. The fourth-order valence-corrected chi connectivity index (χ4v) is 0.251. The molecule has 0 spiro atoms. The Kier molecular flexibility index (Phi) is 6.32. The molecule has 2 nitrogen and oxygen atoms in total. The summed E-state index contributed by atoms with van der Waals surface area (Å²) in [5, 5.41) is 8.25. The predicted molar refractivity (Wildman–Crippen MR) is 35.4 cm³/mol. The molecule has 0 radical (unpaired) electrons. The zero-order valence-electron chi connectivity index (χ0n) is 5.42. The SMILES string of the molecule is CC=COC#CCCO. The molecule has 0 aliphatic rings. The molecule has 9 heavy (non-hydrogen) atoms. The molecular formula is C7H10O2. The molecule has 0 aromatic heterocycles. The van der Waals surface area contributed by atoms with Gasteiger partial charge in [0.2, 0.25) is 0 Å². The average molecular weight is 126 g/mol. The Hall–Kier alpha value is -0.940. The zero-order chi connectivity index (χ0) is 6.95. The average Bonchev–Trinajstić information content (AvgIpc) is 1.89. The summed E-state index contributed by atoms with van der Waals surface area (Å²) in [6.07, 6.45) is 6.09. The monoisotopic (exact) mass is 126 g/mol. The van der Waals surface area contributed by atoms with Gasteiger partial charge in [-0.25, -0.2) is 0 Å². The first kappa shape index (κ1) is 8.06. The molecule has 0 aromatic rings. The van der Waals surface area contributed by atoms with Crippen LogP contribution in [0.1, 0.15) is 13.3 Å². The highest BCUT2D eigenvalue weighted by Gasteiger charge is 1.69. The van der Waals surface area contributed by atoms with E-state index in [-0.39, 0.29) is 6.61 Å². The summed E-state index contributed by atoms with van der Waals surface area (Å²) < 4.78 is 4.63. The molecule has 0 amide bonds. The van der Waals surface area contributed by atoms with Gasteiger partial charge < -0.3 is 9.84 Å². The van der Waals surface area contributed by atoms with Gasteiger partial charge in [-0.1, -0.05) is 12.0 Å². The summed E-state index contributed by atoms with van der Waals surface area (Å²) in [6, 6.07) is 0. The molecule has 0 unspecified atom stereocenters. The van der Waals surface area contributed by atoms with Crippen LogP contribution in [-0.2, 0) is 4.74 Å². The number of hydrogen-bond acceptors (Lipinski definition) is 2. The van der Waals surface area contributed by atoms with Crippen molar-refractivity contribution in [3.8, 4) is 12.0 Å². The van der Waals surface area contributed by atoms with Crippen LogP contribution in [0, 0.1) is 12.0 Å². The van der Waals surface area contributed by atoms with Crippen LogP contribution < -0.4 is 0 Å². The van der Waals surface area contributed by atoms with Crippen LogP contribution in [0.3, 0.4) is 0 Å². The van der Waals surface area contributed by atoms with Crippen molar-refractivity contribution >= 4 is 0 Å². The lowest BCUT2D eigenvalue weighted by atomic mass is 10.5. The van der Waals surface area contributed by atoms with Crippen molar-refractivity contribution in [1.29, 1.82) is 0 Å². The van der Waals surface area contributed by atoms with Gasteiger partial charge in [-0.3, -0.25) is 0 Å². The predicted octanol–water partition coefficient (Wildman–Crippen LogP) is 0.880. The summed E-state index contributed by atoms with van der Waals surface area (Å²) in [7, 11) is 0. The molecule has 0 heterocycles. The number of rotatable bonds is 2. The number of hydrogen-bond donors (Lipinski definition) is 1. The number of ether oxygens (including phenoxy) is 1. The summed E-state index contributed by atoms with van der Waals surface area (Å²) in [5.41, 5.74) is 0. The summed E-state index contributed by atoms with van der Waals surface area (Å²) >= 11 is 0. The molecule has 0 saturated carbocycles. The van der Waals surface area contributed by atoms with Crippen LogP contribution in [0.15, 0.2) is 12.3 Å². The highest BCUT2D eigenvalue weighted by Crippen LogP contribution is 1.74. The maximum absolute atomic E-state index is 8.25. The zero-order valence-corrected chi connectivity index (χ0v) is 5.42. The second-order valence-electron chi connectivity index (χ2n) is 1.34. The maximum Gasteiger partial charge on any atom is 0.115 e. The van der Waals surface area contributed by atoms with Gasteiger partial charge in [0.05, 0.1) is 12.9 Å². The standard InChI is InChI=1S/C7H10O2/c1-2-6-9-7-4-3-5-8/h2,6,8H,3,5H2,1H3. The lowest BCUT2D eigenvalue weighted by Gasteiger charge is -1.80. The topological polar surface area (TPSA) is 29.5 Å². The van der Waals surface area contributed by atoms with E-state index in [0.717, 1.165) is 0 Å². The third-order valence-electron chi connectivity index (χ3n) is 0.572. The Balaban J connectivity index is 3.16. The largest absolute Gasteiger partial charge is 0.416 e. The van der Waals surface area contributed by atoms with E-state index in [0.29, 0.717) is 6.42 Å². The van der Waals surface area contributed by atoms with Gasteiger partial charge in [0.1, 0.15) is 6.11 Å². The first-order valence-corrected chi connectivity index (χ1v) is 2.77. The van der Waals surface area contributed by atoms with Crippen molar-refractivity contribution in [3.63, 3.8) is 0 Å². The number of aliphatic hydroxyl groups excluding tert-OH is 1. The van der Waals surface area contributed by atoms with E-state index in [9.17, 15) is 0 Å². The summed E-state index contributed by atoms with van der Waals surface area (Å²) in [5.74, 6) is 2.60. The fourth-order valence-electron chi connectivity index (χ4n) is 0.251. The molecule has 1 N–H and O–H groups in total. The molecule has 0 rings (SSSR count). The van der Waals surface area contributed by atoms with Crippen molar-refractivity contribution in [2.24, 2.45) is 0 Å². The van der Waals surface area contributed by atoms with Crippen LogP contribution in [-0.4, -0.2) is 11.7 Å². The molecule has 0 bridgehead atoms. The van der Waals surface area contributed by atoms with Gasteiger partial charge >= 0.3 is 0 Å². The number of aliphatic hydroxyl groups is 1. The molecule has 0 aliphatic heterocycles. The van der Waals surface area contributed by atoms with E-state index in [1.54, 1.807) is 6.08 Å². The Morgan fingerprint density at radius 2 is 2.44 bits per heavy atom. The lowest BCUT2D eigenvalue weighted by Crippen LogP contribution is -1.75. The first-order chi connectivity index (χ1) is 4.41. The van der Waals surface area contributed by atoms with Gasteiger partial charge in [-0.05, 0) is 6.92 Å². The van der Waals surface area contributed by atoms with Crippen LogP contribution >= 0.6 is 0 Å². The molecule has 0 saturated heterocycles. The van der Waals surface area contributed by atoms with Gasteiger partial charge in [0.15, 0.2) is 0 Å². The van der Waals surface area contributed by atoms with E-state index in [2.05, 4.69) is 16.8 Å². The van der Waals surface area contributed by atoms with Crippen molar-refractivity contribution < 1.29 is 9.84 Å². The van der Waals surface area contributed by atoms with Crippen molar-refractivity contribution in [3.05, 3.63) is 12.3 Å². The van der Waals surface area contributed by atoms with Crippen molar-refractivity contribution in [1.82, 2.24) is 0 Å². The lowest BCUT2D eigenvalue weighted by molar-refractivity contribution is 0.304. The van der Waals surface area contributed by atoms with E-state index in [1.165, 1.54) is 6.26 Å². The first-order valence-electron chi connectivity index (χ1n) is 2.77. The number of allylic oxidation sites excluding steroid dienone is 1. The van der Waals surface area contributed by atoms with Gasteiger partial charge in [-0.15, -0.1) is 0 Å². The minimum absolute atomic E-state index is 0.0895. The molecule has 0 atom stereocenters. The van der Waals surface area contributed by atoms with Crippen molar-refractivity contribution in [2.45, 2.75) is 13.3 Å². The molecule has 50 valence electrons. The third kappa shape index (κ3) is 7.06. The smallest absolute Gasteiger partial charge is 0.115 e. The van der Waals surface area contributed by atoms with E-state index in [1.807, 2.05) is 6.92 Å². The Morgan fingerprint density at radius 3 is 3.00 bits per heavy atom. The molecule has 0 fully saturated rings. The van der Waals surface area contributed by atoms with Crippen LogP contribution in [0.5, 0.6) is 0 Å². The Bertz CT molecular complexity index is 128. The van der Waals surface area contributed by atoms with Gasteiger partial charge in [-0.2, -0.15) is 0 Å². The molecular weight excluding hydrogens is 116 g/mol. The maximum atomic E-state index is 8.25. The quantitative estimate of drug-likeness (QED) is 0.439. The molecule has 2 heteroatoms.